The molecule has 140 valence electrons. The van der Waals surface area contributed by atoms with Gasteiger partial charge in [-0.3, -0.25) is 10.1 Å². The van der Waals surface area contributed by atoms with Crippen LogP contribution in [0.2, 0.25) is 5.02 Å². The van der Waals surface area contributed by atoms with Crippen LogP contribution in [0.3, 0.4) is 0 Å². The van der Waals surface area contributed by atoms with Crippen LogP contribution in [0.1, 0.15) is 40.9 Å². The average Bonchev–Trinajstić information content (AvgIpc) is 3.12. The Morgan fingerprint density at radius 1 is 1.42 bits per heavy atom. The van der Waals surface area contributed by atoms with Crippen LogP contribution < -0.4 is 20.1 Å². The molecular weight excluding hydrogens is 374 g/mol. The quantitative estimate of drug-likeness (QED) is 0.775. The standard InChI is InChI=1S/C18H22ClN3O3S/c1-3-25-16-13(19)8-12(9-14(16)24-2)17(23)22-18-21-10-15(26-18)11-4-6-20-7-5-11/h8-11,20H,3-7H2,1-2H3,(H,21,22,23). The summed E-state index contributed by atoms with van der Waals surface area (Å²) in [6, 6.07) is 3.19. The van der Waals surface area contributed by atoms with E-state index >= 15 is 0 Å². The number of carbonyl (C=O) groups is 1. The Morgan fingerprint density at radius 2 is 2.19 bits per heavy atom. The van der Waals surface area contributed by atoms with Gasteiger partial charge in [0, 0.05) is 16.6 Å². The van der Waals surface area contributed by atoms with Crippen LogP contribution >= 0.6 is 22.9 Å². The van der Waals surface area contributed by atoms with Crippen molar-refractivity contribution in [3.05, 3.63) is 33.8 Å². The van der Waals surface area contributed by atoms with E-state index in [9.17, 15) is 4.79 Å². The number of piperidine rings is 1. The van der Waals surface area contributed by atoms with Gasteiger partial charge >= 0.3 is 0 Å². The van der Waals surface area contributed by atoms with Gasteiger partial charge < -0.3 is 14.8 Å². The summed E-state index contributed by atoms with van der Waals surface area (Å²) in [5.41, 5.74) is 0.397. The molecule has 0 spiro atoms. The number of nitrogens with zero attached hydrogens (tertiary/aromatic N) is 1. The maximum absolute atomic E-state index is 12.6. The number of hydrogen-bond donors (Lipinski definition) is 2. The topological polar surface area (TPSA) is 72.5 Å². The van der Waals surface area contributed by atoms with E-state index in [0.29, 0.717) is 39.7 Å². The van der Waals surface area contributed by atoms with Crippen molar-refractivity contribution in [3.8, 4) is 11.5 Å². The van der Waals surface area contributed by atoms with Crippen molar-refractivity contribution in [2.24, 2.45) is 0 Å². The molecule has 0 aliphatic carbocycles. The average molecular weight is 396 g/mol. The van der Waals surface area contributed by atoms with E-state index in [-0.39, 0.29) is 5.91 Å². The fraction of sp³-hybridized carbons (Fsp3) is 0.444. The molecule has 2 N–H and O–H groups in total. The highest BCUT2D eigenvalue weighted by Crippen LogP contribution is 2.37. The lowest BCUT2D eigenvalue weighted by Gasteiger charge is -2.20. The summed E-state index contributed by atoms with van der Waals surface area (Å²) in [6.45, 7) is 4.36. The fourth-order valence-electron chi connectivity index (χ4n) is 2.94. The third-order valence-corrected chi connectivity index (χ3v) is 5.62. The van der Waals surface area contributed by atoms with Crippen LogP contribution in [0, 0.1) is 0 Å². The SMILES string of the molecule is CCOc1c(Cl)cc(C(=O)Nc2ncc(C3CCNCC3)s2)cc1OC. The first-order valence-electron chi connectivity index (χ1n) is 8.60. The van der Waals surface area contributed by atoms with Gasteiger partial charge in [0.05, 0.1) is 18.7 Å². The van der Waals surface area contributed by atoms with Crippen molar-refractivity contribution in [2.45, 2.75) is 25.7 Å². The maximum Gasteiger partial charge on any atom is 0.257 e. The molecule has 1 aliphatic rings. The zero-order valence-corrected chi connectivity index (χ0v) is 16.4. The van der Waals surface area contributed by atoms with Gasteiger partial charge in [0.25, 0.3) is 5.91 Å². The van der Waals surface area contributed by atoms with Gasteiger partial charge in [-0.15, -0.1) is 11.3 Å². The molecular formula is C18H22ClN3O3S. The van der Waals surface area contributed by atoms with E-state index in [4.69, 9.17) is 21.1 Å². The third kappa shape index (κ3) is 4.28. The minimum atomic E-state index is -0.278. The number of amides is 1. The number of carbonyl (C=O) groups excluding carboxylic acids is 1. The van der Waals surface area contributed by atoms with Gasteiger partial charge in [-0.25, -0.2) is 4.98 Å². The molecule has 1 amide bonds. The highest BCUT2D eigenvalue weighted by molar-refractivity contribution is 7.15. The number of aromatic nitrogens is 1. The number of benzene rings is 1. The summed E-state index contributed by atoms with van der Waals surface area (Å²) < 4.78 is 10.8. The van der Waals surface area contributed by atoms with Gasteiger partial charge in [0.15, 0.2) is 16.6 Å². The number of anilines is 1. The van der Waals surface area contributed by atoms with Gasteiger partial charge in [0.2, 0.25) is 0 Å². The van der Waals surface area contributed by atoms with E-state index in [1.807, 2.05) is 13.1 Å². The Bertz CT molecular complexity index is 775. The summed E-state index contributed by atoms with van der Waals surface area (Å²) in [6.07, 6.45) is 4.06. The van der Waals surface area contributed by atoms with E-state index in [1.165, 1.54) is 23.3 Å². The number of thiazole rings is 1. The Labute approximate surface area is 161 Å². The highest BCUT2D eigenvalue weighted by Gasteiger charge is 2.20. The van der Waals surface area contributed by atoms with Crippen molar-refractivity contribution < 1.29 is 14.3 Å². The molecule has 2 aromatic rings. The second-order valence-corrected chi connectivity index (χ2v) is 7.44. The van der Waals surface area contributed by atoms with Gasteiger partial charge in [0.1, 0.15) is 0 Å². The number of hydrogen-bond acceptors (Lipinski definition) is 6. The van der Waals surface area contributed by atoms with Gasteiger partial charge in [-0.1, -0.05) is 11.6 Å². The van der Waals surface area contributed by atoms with Crippen LogP contribution in [0.25, 0.3) is 0 Å². The Morgan fingerprint density at radius 3 is 2.88 bits per heavy atom. The zero-order chi connectivity index (χ0) is 18.5. The van der Waals surface area contributed by atoms with E-state index in [0.717, 1.165) is 25.9 Å². The molecule has 26 heavy (non-hydrogen) atoms. The maximum atomic E-state index is 12.6. The van der Waals surface area contributed by atoms with Crippen molar-refractivity contribution in [3.63, 3.8) is 0 Å². The normalized spacial score (nSPS) is 14.9. The second kappa shape index (κ2) is 8.70. The summed E-state index contributed by atoms with van der Waals surface area (Å²) in [5, 5.41) is 7.13. The minimum absolute atomic E-state index is 0.278. The fourth-order valence-corrected chi connectivity index (χ4v) is 4.19. The van der Waals surface area contributed by atoms with Crippen LogP contribution in [-0.4, -0.2) is 37.7 Å². The highest BCUT2D eigenvalue weighted by atomic mass is 35.5. The van der Waals surface area contributed by atoms with Crippen LogP contribution in [0.4, 0.5) is 5.13 Å². The van der Waals surface area contributed by atoms with Gasteiger partial charge in [-0.05, 0) is 50.9 Å². The summed E-state index contributed by atoms with van der Waals surface area (Å²) in [5.74, 6) is 1.11. The van der Waals surface area contributed by atoms with Crippen LogP contribution in [0.5, 0.6) is 11.5 Å². The largest absolute Gasteiger partial charge is 0.493 e. The van der Waals surface area contributed by atoms with E-state index in [2.05, 4.69) is 15.6 Å². The predicted octanol–water partition coefficient (Wildman–Crippen LogP) is 3.92. The molecule has 1 aliphatic heterocycles. The summed E-state index contributed by atoms with van der Waals surface area (Å²) in [4.78, 5) is 18.1. The predicted molar refractivity (Wildman–Crippen MR) is 104 cm³/mol. The minimum Gasteiger partial charge on any atom is -0.493 e. The third-order valence-electron chi connectivity index (χ3n) is 4.27. The molecule has 0 bridgehead atoms. The lowest BCUT2D eigenvalue weighted by molar-refractivity contribution is 0.102. The van der Waals surface area contributed by atoms with Crippen LogP contribution in [-0.2, 0) is 0 Å². The molecule has 0 atom stereocenters. The molecule has 3 rings (SSSR count). The van der Waals surface area contributed by atoms with Gasteiger partial charge in [-0.2, -0.15) is 0 Å². The van der Waals surface area contributed by atoms with E-state index in [1.54, 1.807) is 12.1 Å². The molecule has 1 saturated heterocycles. The number of methoxy groups -OCH3 is 1. The molecule has 6 nitrogen and oxygen atoms in total. The number of nitrogens with one attached hydrogen (secondary N) is 2. The van der Waals surface area contributed by atoms with Crippen molar-refractivity contribution >= 4 is 34.0 Å². The molecule has 1 aromatic carbocycles. The number of ether oxygens (including phenoxy) is 2. The molecule has 0 saturated carbocycles. The molecule has 1 aromatic heterocycles. The molecule has 8 heteroatoms. The summed E-state index contributed by atoms with van der Waals surface area (Å²) >= 11 is 7.77. The molecule has 0 radical (unpaired) electrons. The second-order valence-electron chi connectivity index (χ2n) is 5.97. The van der Waals surface area contributed by atoms with E-state index < -0.39 is 0 Å². The monoisotopic (exact) mass is 395 g/mol. The number of rotatable bonds is 6. The lowest BCUT2D eigenvalue weighted by Crippen LogP contribution is -2.26. The lowest BCUT2D eigenvalue weighted by atomic mass is 9.97. The Hall–Kier alpha value is -1.83. The smallest absolute Gasteiger partial charge is 0.257 e. The molecule has 0 unspecified atom stereocenters. The summed E-state index contributed by atoms with van der Waals surface area (Å²) in [7, 11) is 1.52. The first kappa shape index (κ1) is 18.9. The van der Waals surface area contributed by atoms with Crippen molar-refractivity contribution in [1.82, 2.24) is 10.3 Å². The molecule has 2 heterocycles. The first-order chi connectivity index (χ1) is 12.6. The van der Waals surface area contributed by atoms with Crippen molar-refractivity contribution in [1.29, 1.82) is 0 Å². The van der Waals surface area contributed by atoms with Crippen molar-refractivity contribution in [2.75, 3.05) is 32.1 Å². The zero-order valence-electron chi connectivity index (χ0n) is 14.8. The Kier molecular flexibility index (Phi) is 6.34. The van der Waals surface area contributed by atoms with Crippen LogP contribution in [0.15, 0.2) is 18.3 Å². The molecule has 1 fully saturated rings. The first-order valence-corrected chi connectivity index (χ1v) is 9.80. The number of halogens is 1. The Balaban J connectivity index is 1.73.